The first-order valence-corrected chi connectivity index (χ1v) is 6.21. The van der Waals surface area contributed by atoms with Crippen molar-refractivity contribution in [1.82, 2.24) is 20.4 Å². The van der Waals surface area contributed by atoms with Crippen LogP contribution in [0.2, 0.25) is 0 Å². The van der Waals surface area contributed by atoms with Crippen molar-refractivity contribution in [2.24, 2.45) is 7.05 Å². The van der Waals surface area contributed by atoms with Crippen LogP contribution in [0.25, 0.3) is 0 Å². The van der Waals surface area contributed by atoms with Crippen LogP contribution in [-0.2, 0) is 18.3 Å². The second-order valence-corrected chi connectivity index (χ2v) is 4.61. The SMILES string of the molecule is Cn1cc(CCNCCC(=O)NC2CC2)cn1. The van der Waals surface area contributed by atoms with E-state index in [0.717, 1.165) is 32.4 Å². The first-order chi connectivity index (χ1) is 8.24. The number of aryl methyl sites for hydroxylation is 1. The zero-order chi connectivity index (χ0) is 12.1. The molecule has 0 aromatic carbocycles. The fourth-order valence-electron chi connectivity index (χ4n) is 1.69. The van der Waals surface area contributed by atoms with Gasteiger partial charge in [0.1, 0.15) is 0 Å². The van der Waals surface area contributed by atoms with E-state index in [4.69, 9.17) is 0 Å². The number of hydrogen-bond acceptors (Lipinski definition) is 3. The third-order valence-corrected chi connectivity index (χ3v) is 2.82. The van der Waals surface area contributed by atoms with Gasteiger partial charge in [-0.05, 0) is 31.4 Å². The Balaban J connectivity index is 1.49. The zero-order valence-electron chi connectivity index (χ0n) is 10.3. The van der Waals surface area contributed by atoms with E-state index < -0.39 is 0 Å². The Hall–Kier alpha value is -1.36. The van der Waals surface area contributed by atoms with E-state index in [1.54, 1.807) is 4.68 Å². The lowest BCUT2D eigenvalue weighted by atomic mass is 10.2. The summed E-state index contributed by atoms with van der Waals surface area (Å²) >= 11 is 0. The molecule has 1 aliphatic carbocycles. The van der Waals surface area contributed by atoms with Crippen LogP contribution in [0.4, 0.5) is 0 Å². The van der Waals surface area contributed by atoms with Gasteiger partial charge in [0.05, 0.1) is 6.20 Å². The molecule has 17 heavy (non-hydrogen) atoms. The van der Waals surface area contributed by atoms with Gasteiger partial charge in [0.25, 0.3) is 0 Å². The first-order valence-electron chi connectivity index (χ1n) is 6.21. The highest BCUT2D eigenvalue weighted by molar-refractivity contribution is 5.76. The summed E-state index contributed by atoms with van der Waals surface area (Å²) in [6, 6.07) is 0.470. The number of carbonyl (C=O) groups is 1. The van der Waals surface area contributed by atoms with Gasteiger partial charge in [-0.1, -0.05) is 0 Å². The average molecular weight is 236 g/mol. The Labute approximate surface area is 102 Å². The van der Waals surface area contributed by atoms with Gasteiger partial charge < -0.3 is 10.6 Å². The minimum Gasteiger partial charge on any atom is -0.353 e. The second-order valence-electron chi connectivity index (χ2n) is 4.61. The summed E-state index contributed by atoms with van der Waals surface area (Å²) in [4.78, 5) is 11.4. The molecule has 94 valence electrons. The molecule has 2 N–H and O–H groups in total. The van der Waals surface area contributed by atoms with Crippen molar-refractivity contribution < 1.29 is 4.79 Å². The highest BCUT2D eigenvalue weighted by Gasteiger charge is 2.22. The van der Waals surface area contributed by atoms with E-state index in [1.165, 1.54) is 5.56 Å². The number of nitrogens with one attached hydrogen (secondary N) is 2. The zero-order valence-corrected chi connectivity index (χ0v) is 10.3. The van der Waals surface area contributed by atoms with Crippen molar-refractivity contribution in [3.05, 3.63) is 18.0 Å². The van der Waals surface area contributed by atoms with Crippen LogP contribution < -0.4 is 10.6 Å². The van der Waals surface area contributed by atoms with E-state index >= 15 is 0 Å². The van der Waals surface area contributed by atoms with Gasteiger partial charge in [0, 0.05) is 32.3 Å². The molecule has 0 unspecified atom stereocenters. The molecule has 1 amide bonds. The molecule has 1 aliphatic rings. The topological polar surface area (TPSA) is 59.0 Å². The minimum absolute atomic E-state index is 0.168. The quantitative estimate of drug-likeness (QED) is 0.666. The summed E-state index contributed by atoms with van der Waals surface area (Å²) < 4.78 is 1.80. The molecular formula is C12H20N4O. The van der Waals surface area contributed by atoms with Gasteiger partial charge in [0.2, 0.25) is 5.91 Å². The average Bonchev–Trinajstić information content (AvgIpc) is 3.00. The number of rotatable bonds is 7. The van der Waals surface area contributed by atoms with Crippen molar-refractivity contribution in [1.29, 1.82) is 0 Å². The largest absolute Gasteiger partial charge is 0.353 e. The van der Waals surface area contributed by atoms with Gasteiger partial charge in [0.15, 0.2) is 0 Å². The lowest BCUT2D eigenvalue weighted by Crippen LogP contribution is -2.29. The summed E-state index contributed by atoms with van der Waals surface area (Å²) in [7, 11) is 1.92. The van der Waals surface area contributed by atoms with Gasteiger partial charge in [-0.2, -0.15) is 5.10 Å². The molecular weight excluding hydrogens is 216 g/mol. The third kappa shape index (κ3) is 4.56. The Morgan fingerprint density at radius 1 is 1.53 bits per heavy atom. The van der Waals surface area contributed by atoms with Gasteiger partial charge in [-0.3, -0.25) is 9.48 Å². The van der Waals surface area contributed by atoms with E-state index in [9.17, 15) is 4.79 Å². The molecule has 1 aromatic rings. The Bertz CT molecular complexity index is 370. The second kappa shape index (κ2) is 5.82. The number of hydrogen-bond donors (Lipinski definition) is 2. The molecule has 1 fully saturated rings. The molecule has 5 nitrogen and oxygen atoms in total. The maximum absolute atomic E-state index is 11.4. The Morgan fingerprint density at radius 3 is 3.00 bits per heavy atom. The fraction of sp³-hybridized carbons (Fsp3) is 0.667. The molecule has 1 aromatic heterocycles. The number of amides is 1. The standard InChI is InChI=1S/C12H20N4O/c1-16-9-10(8-14-16)4-6-13-7-5-12(17)15-11-2-3-11/h8-9,11,13H,2-7H2,1H3,(H,15,17). The summed E-state index contributed by atoms with van der Waals surface area (Å²) in [5.41, 5.74) is 1.22. The van der Waals surface area contributed by atoms with Crippen LogP contribution in [0.1, 0.15) is 24.8 Å². The monoisotopic (exact) mass is 236 g/mol. The molecule has 1 heterocycles. The van der Waals surface area contributed by atoms with Gasteiger partial charge in [-0.15, -0.1) is 0 Å². The molecule has 0 saturated heterocycles. The van der Waals surface area contributed by atoms with Crippen molar-refractivity contribution in [3.8, 4) is 0 Å². The molecule has 0 bridgehead atoms. The molecule has 0 atom stereocenters. The third-order valence-electron chi connectivity index (χ3n) is 2.82. The van der Waals surface area contributed by atoms with E-state index in [2.05, 4.69) is 15.7 Å². The predicted molar refractivity (Wildman–Crippen MR) is 65.6 cm³/mol. The van der Waals surface area contributed by atoms with Crippen LogP contribution in [-0.4, -0.2) is 34.8 Å². The number of carbonyl (C=O) groups excluding carboxylic acids is 1. The number of aromatic nitrogens is 2. The Morgan fingerprint density at radius 2 is 2.35 bits per heavy atom. The van der Waals surface area contributed by atoms with Crippen LogP contribution in [0, 0.1) is 0 Å². The van der Waals surface area contributed by atoms with Crippen molar-refractivity contribution >= 4 is 5.91 Å². The van der Waals surface area contributed by atoms with Crippen LogP contribution >= 0.6 is 0 Å². The van der Waals surface area contributed by atoms with Crippen LogP contribution in [0.5, 0.6) is 0 Å². The molecule has 1 saturated carbocycles. The van der Waals surface area contributed by atoms with Gasteiger partial charge in [-0.25, -0.2) is 0 Å². The van der Waals surface area contributed by atoms with Gasteiger partial charge >= 0.3 is 0 Å². The first kappa shape index (κ1) is 12.1. The van der Waals surface area contributed by atoms with Crippen LogP contribution in [0.15, 0.2) is 12.4 Å². The van der Waals surface area contributed by atoms with Crippen molar-refractivity contribution in [3.63, 3.8) is 0 Å². The lowest BCUT2D eigenvalue weighted by molar-refractivity contribution is -0.121. The smallest absolute Gasteiger partial charge is 0.221 e. The van der Waals surface area contributed by atoms with Crippen molar-refractivity contribution in [2.75, 3.05) is 13.1 Å². The van der Waals surface area contributed by atoms with E-state index in [1.807, 2.05) is 19.4 Å². The molecule has 0 aliphatic heterocycles. The van der Waals surface area contributed by atoms with Crippen LogP contribution in [0.3, 0.4) is 0 Å². The predicted octanol–water partition coefficient (Wildman–Crippen LogP) is 0.221. The molecule has 5 heteroatoms. The van der Waals surface area contributed by atoms with E-state index in [0.29, 0.717) is 12.5 Å². The highest BCUT2D eigenvalue weighted by atomic mass is 16.1. The summed E-state index contributed by atoms with van der Waals surface area (Å²) in [5.74, 6) is 0.168. The normalized spacial score (nSPS) is 14.9. The summed E-state index contributed by atoms with van der Waals surface area (Å²) in [6.07, 6.45) is 7.73. The molecule has 0 spiro atoms. The van der Waals surface area contributed by atoms with E-state index in [-0.39, 0.29) is 5.91 Å². The highest BCUT2D eigenvalue weighted by Crippen LogP contribution is 2.18. The maximum Gasteiger partial charge on any atom is 0.221 e. The maximum atomic E-state index is 11.4. The number of nitrogens with zero attached hydrogens (tertiary/aromatic N) is 2. The molecule has 0 radical (unpaired) electrons. The van der Waals surface area contributed by atoms with Crippen molar-refractivity contribution in [2.45, 2.75) is 31.7 Å². The summed E-state index contributed by atoms with van der Waals surface area (Å²) in [6.45, 7) is 1.64. The Kier molecular flexibility index (Phi) is 4.14. The fourth-order valence-corrected chi connectivity index (χ4v) is 1.69. The summed E-state index contributed by atoms with van der Waals surface area (Å²) in [5, 5.41) is 10.4. The lowest BCUT2D eigenvalue weighted by Gasteiger charge is -2.04. The minimum atomic E-state index is 0.168. The molecule has 2 rings (SSSR count).